The quantitative estimate of drug-likeness (QED) is 0.297. The standard InChI is InChI=1S/C32H32FN7/c1-21(30-20-34-11-12-35-30)7-8-27-22(2)31(39-38-27)29-19-26-28(37-29)9-10-36-32(26)24-16-23(17-25(33)18-24)6-5-15-40-13-3-4-14-40/h7-12,16-20,37-38H,2-6,13-15H2,1H3/b21-7+,27-8+. The van der Waals surface area contributed by atoms with Crippen LogP contribution in [0.3, 0.4) is 0 Å². The van der Waals surface area contributed by atoms with Crippen LogP contribution in [0.2, 0.25) is 0 Å². The van der Waals surface area contributed by atoms with E-state index in [1.807, 2.05) is 31.2 Å². The lowest BCUT2D eigenvalue weighted by molar-refractivity contribution is 0.334. The Morgan fingerprint density at radius 3 is 2.77 bits per heavy atom. The van der Waals surface area contributed by atoms with Crippen molar-refractivity contribution in [2.75, 3.05) is 19.6 Å². The molecule has 4 aromatic heterocycles. The van der Waals surface area contributed by atoms with E-state index in [-0.39, 0.29) is 5.82 Å². The lowest BCUT2D eigenvalue weighted by Gasteiger charge is -2.14. The number of hydrogen-bond acceptors (Lipinski definition) is 5. The van der Waals surface area contributed by atoms with Crippen LogP contribution < -0.4 is 10.6 Å². The third-order valence-electron chi connectivity index (χ3n) is 7.54. The molecule has 5 aromatic rings. The number of H-pyrrole nitrogens is 2. The Hall–Kier alpha value is -4.43. The highest BCUT2D eigenvalue weighted by Crippen LogP contribution is 2.30. The van der Waals surface area contributed by atoms with Crippen LogP contribution in [0, 0.1) is 5.82 Å². The molecule has 0 radical (unpaired) electrons. The third-order valence-corrected chi connectivity index (χ3v) is 7.54. The fourth-order valence-electron chi connectivity index (χ4n) is 5.39. The van der Waals surface area contributed by atoms with Crippen molar-refractivity contribution in [1.82, 2.24) is 35.0 Å². The molecule has 0 amide bonds. The van der Waals surface area contributed by atoms with Crippen molar-refractivity contribution in [3.63, 3.8) is 0 Å². The van der Waals surface area contributed by atoms with Crippen LogP contribution in [0.4, 0.5) is 4.39 Å². The lowest BCUT2D eigenvalue weighted by Crippen LogP contribution is -2.21. The number of benzene rings is 1. The summed E-state index contributed by atoms with van der Waals surface area (Å²) < 4.78 is 14.7. The Bertz CT molecular complexity index is 1780. The van der Waals surface area contributed by atoms with Gasteiger partial charge in [-0.1, -0.05) is 12.7 Å². The summed E-state index contributed by atoms with van der Waals surface area (Å²) in [6.07, 6.45) is 15.2. The van der Waals surface area contributed by atoms with Crippen LogP contribution in [0.25, 0.3) is 51.8 Å². The van der Waals surface area contributed by atoms with Gasteiger partial charge < -0.3 is 9.88 Å². The SMILES string of the molecule is C=c1c(-c2cc3c(-c4cc(F)cc(CCCN5CCCC5)c4)nccc3[nH]2)n[nH]/c1=C/C=C(\C)c1cnccn1. The molecule has 1 aliphatic heterocycles. The minimum atomic E-state index is -0.236. The fourth-order valence-corrected chi connectivity index (χ4v) is 5.39. The van der Waals surface area contributed by atoms with E-state index < -0.39 is 0 Å². The molecule has 1 saturated heterocycles. The summed E-state index contributed by atoms with van der Waals surface area (Å²) in [6, 6.07) is 9.23. The Kier molecular flexibility index (Phi) is 7.33. The number of fused-ring (bicyclic) bond motifs is 1. The first-order chi connectivity index (χ1) is 19.5. The number of nitrogens with one attached hydrogen (secondary N) is 2. The Morgan fingerprint density at radius 1 is 1.07 bits per heavy atom. The molecule has 6 rings (SSSR count). The number of rotatable bonds is 8. The topological polar surface area (TPSA) is 86.4 Å². The van der Waals surface area contributed by atoms with Gasteiger partial charge in [0, 0.05) is 40.3 Å². The van der Waals surface area contributed by atoms with Gasteiger partial charge in [-0.2, -0.15) is 5.10 Å². The predicted molar refractivity (Wildman–Crippen MR) is 158 cm³/mol. The Labute approximate surface area is 232 Å². The van der Waals surface area contributed by atoms with Gasteiger partial charge in [0.1, 0.15) is 11.5 Å². The lowest BCUT2D eigenvalue weighted by atomic mass is 10.0. The van der Waals surface area contributed by atoms with Crippen LogP contribution in [-0.4, -0.2) is 54.7 Å². The molecule has 5 heterocycles. The molecule has 0 saturated carbocycles. The third kappa shape index (κ3) is 5.49. The van der Waals surface area contributed by atoms with Crippen LogP contribution in [0.1, 0.15) is 37.4 Å². The monoisotopic (exact) mass is 533 g/mol. The Balaban J connectivity index is 1.28. The minimum absolute atomic E-state index is 0.236. The second-order valence-electron chi connectivity index (χ2n) is 10.4. The molecule has 202 valence electrons. The maximum Gasteiger partial charge on any atom is 0.124 e. The van der Waals surface area contributed by atoms with Crippen molar-refractivity contribution >= 4 is 29.1 Å². The summed E-state index contributed by atoms with van der Waals surface area (Å²) >= 11 is 0. The summed E-state index contributed by atoms with van der Waals surface area (Å²) in [4.78, 5) is 19.1. The maximum absolute atomic E-state index is 14.7. The van der Waals surface area contributed by atoms with Crippen molar-refractivity contribution in [3.05, 3.63) is 88.8 Å². The van der Waals surface area contributed by atoms with E-state index >= 15 is 0 Å². The van der Waals surface area contributed by atoms with Gasteiger partial charge in [-0.3, -0.25) is 20.1 Å². The number of likely N-dealkylation sites (tertiary alicyclic amines) is 1. The average Bonchev–Trinajstić information content (AvgIpc) is 3.72. The number of allylic oxidation sites excluding steroid dienone is 2. The van der Waals surface area contributed by atoms with Gasteiger partial charge >= 0.3 is 0 Å². The molecular weight excluding hydrogens is 501 g/mol. The zero-order valence-electron chi connectivity index (χ0n) is 22.6. The number of aromatic nitrogens is 6. The first kappa shape index (κ1) is 25.8. The molecule has 1 aromatic carbocycles. The van der Waals surface area contributed by atoms with E-state index in [9.17, 15) is 4.39 Å². The zero-order valence-corrected chi connectivity index (χ0v) is 22.6. The summed E-state index contributed by atoms with van der Waals surface area (Å²) in [5.41, 5.74) is 6.77. The van der Waals surface area contributed by atoms with Gasteiger partial charge in [-0.25, -0.2) is 4.39 Å². The first-order valence-electron chi connectivity index (χ1n) is 13.7. The highest BCUT2D eigenvalue weighted by atomic mass is 19.1. The smallest absolute Gasteiger partial charge is 0.124 e. The van der Waals surface area contributed by atoms with Gasteiger partial charge in [-0.15, -0.1) is 0 Å². The predicted octanol–water partition coefficient (Wildman–Crippen LogP) is 4.87. The normalized spacial score (nSPS) is 14.9. The summed E-state index contributed by atoms with van der Waals surface area (Å²) in [6.45, 7) is 9.68. The molecule has 8 heteroatoms. The first-order valence-corrected chi connectivity index (χ1v) is 13.7. The molecule has 1 fully saturated rings. The van der Waals surface area contributed by atoms with Crippen LogP contribution in [0.5, 0.6) is 0 Å². The van der Waals surface area contributed by atoms with Gasteiger partial charge in [0.2, 0.25) is 0 Å². The molecule has 0 spiro atoms. The summed E-state index contributed by atoms with van der Waals surface area (Å²) in [7, 11) is 0. The molecule has 0 unspecified atom stereocenters. The molecule has 0 atom stereocenters. The van der Waals surface area contributed by atoms with Crippen molar-refractivity contribution in [2.45, 2.75) is 32.6 Å². The van der Waals surface area contributed by atoms with E-state index in [1.165, 1.54) is 25.9 Å². The van der Waals surface area contributed by atoms with E-state index in [1.54, 1.807) is 36.9 Å². The molecule has 0 bridgehead atoms. The van der Waals surface area contributed by atoms with Crippen LogP contribution in [-0.2, 0) is 6.42 Å². The minimum Gasteiger partial charge on any atom is -0.353 e. The van der Waals surface area contributed by atoms with E-state index in [0.717, 1.165) is 80.3 Å². The van der Waals surface area contributed by atoms with E-state index in [2.05, 4.69) is 47.7 Å². The number of hydrogen-bond donors (Lipinski definition) is 2. The molecule has 7 nitrogen and oxygen atoms in total. The molecule has 0 aliphatic carbocycles. The zero-order chi connectivity index (χ0) is 27.5. The van der Waals surface area contributed by atoms with Crippen molar-refractivity contribution in [1.29, 1.82) is 0 Å². The summed E-state index contributed by atoms with van der Waals surface area (Å²) in [5.74, 6) is -0.236. The van der Waals surface area contributed by atoms with Gasteiger partial charge in [0.25, 0.3) is 0 Å². The van der Waals surface area contributed by atoms with Crippen LogP contribution >= 0.6 is 0 Å². The number of aromatic amines is 2. The van der Waals surface area contributed by atoms with Crippen molar-refractivity contribution < 1.29 is 4.39 Å². The van der Waals surface area contributed by atoms with E-state index in [4.69, 9.17) is 0 Å². The van der Waals surface area contributed by atoms with Gasteiger partial charge in [0.15, 0.2) is 0 Å². The van der Waals surface area contributed by atoms with Gasteiger partial charge in [-0.05, 0) is 99.8 Å². The second-order valence-corrected chi connectivity index (χ2v) is 10.4. The maximum atomic E-state index is 14.7. The van der Waals surface area contributed by atoms with E-state index in [0.29, 0.717) is 0 Å². The fraction of sp³-hybridized carbons (Fsp3) is 0.250. The number of aryl methyl sites for hydroxylation is 1. The average molecular weight is 534 g/mol. The second kappa shape index (κ2) is 11.4. The highest BCUT2D eigenvalue weighted by molar-refractivity contribution is 5.96. The number of halogens is 1. The molecule has 1 aliphatic rings. The van der Waals surface area contributed by atoms with Gasteiger partial charge in [0.05, 0.1) is 28.6 Å². The van der Waals surface area contributed by atoms with Crippen molar-refractivity contribution in [2.24, 2.45) is 0 Å². The summed E-state index contributed by atoms with van der Waals surface area (Å²) in [5, 5.41) is 10.1. The molecule has 40 heavy (non-hydrogen) atoms. The Morgan fingerprint density at radius 2 is 1.95 bits per heavy atom. The largest absolute Gasteiger partial charge is 0.353 e. The highest BCUT2D eigenvalue weighted by Gasteiger charge is 2.15. The number of nitrogens with zero attached hydrogens (tertiary/aromatic N) is 5. The molecule has 2 N–H and O–H groups in total. The van der Waals surface area contributed by atoms with Crippen molar-refractivity contribution in [3.8, 4) is 22.6 Å². The molecular formula is C32H32FN7. The number of pyridine rings is 1. The van der Waals surface area contributed by atoms with Crippen LogP contribution in [0.15, 0.2) is 61.2 Å².